The highest BCUT2D eigenvalue weighted by atomic mass is 79.9. The molecule has 1 saturated carbocycles. The van der Waals surface area contributed by atoms with Gasteiger partial charge in [-0.05, 0) is 68.1 Å². The molecule has 0 N–H and O–H groups in total. The third-order valence-corrected chi connectivity index (χ3v) is 7.87. The fourth-order valence-electron chi connectivity index (χ4n) is 3.33. The summed E-state index contributed by atoms with van der Waals surface area (Å²) in [5.41, 5.74) is 1.30. The molecule has 5 nitrogen and oxygen atoms in total. The first-order valence-electron chi connectivity index (χ1n) is 10.4. The molecule has 1 unspecified atom stereocenters. The summed E-state index contributed by atoms with van der Waals surface area (Å²) in [5.74, 6) is 5.49. The van der Waals surface area contributed by atoms with Gasteiger partial charge in [0.05, 0.1) is 11.4 Å². The van der Waals surface area contributed by atoms with Gasteiger partial charge in [0.1, 0.15) is 0 Å². The Bertz CT molecular complexity index is 1210. The summed E-state index contributed by atoms with van der Waals surface area (Å²) in [6, 6.07) is 14.6. The predicted octanol–water partition coefficient (Wildman–Crippen LogP) is 5.65. The lowest BCUT2D eigenvalue weighted by atomic mass is 10.1. The number of sulfonamides is 1. The fourth-order valence-corrected chi connectivity index (χ4v) is 5.25. The van der Waals surface area contributed by atoms with Gasteiger partial charge in [-0.25, -0.2) is 8.42 Å². The third-order valence-electron chi connectivity index (χ3n) is 4.99. The SMILES string of the molecule is CC(=O)OC(C)(C)C#CCN(CC1C/C1=C\c1ccc(Br)cc1)S(=O)(=O)c1ccc(Br)cc1. The van der Waals surface area contributed by atoms with E-state index >= 15 is 0 Å². The number of hydrogen-bond donors (Lipinski definition) is 0. The molecule has 8 heteroatoms. The van der Waals surface area contributed by atoms with E-state index in [0.29, 0.717) is 6.54 Å². The van der Waals surface area contributed by atoms with Gasteiger partial charge in [-0.3, -0.25) is 4.79 Å². The molecule has 1 aliphatic carbocycles. The van der Waals surface area contributed by atoms with Crippen molar-refractivity contribution in [3.63, 3.8) is 0 Å². The first kappa shape index (κ1) is 25.7. The molecule has 33 heavy (non-hydrogen) atoms. The minimum absolute atomic E-state index is 0.00511. The van der Waals surface area contributed by atoms with Crippen molar-refractivity contribution in [2.45, 2.75) is 37.7 Å². The Hall–Kier alpha value is -1.92. The molecule has 0 saturated heterocycles. The highest BCUT2D eigenvalue weighted by Gasteiger charge is 2.35. The van der Waals surface area contributed by atoms with Gasteiger partial charge < -0.3 is 4.74 Å². The lowest BCUT2D eigenvalue weighted by molar-refractivity contribution is -0.148. The van der Waals surface area contributed by atoms with Crippen molar-refractivity contribution in [3.8, 4) is 11.8 Å². The van der Waals surface area contributed by atoms with E-state index in [1.54, 1.807) is 38.1 Å². The molecule has 1 atom stereocenters. The minimum atomic E-state index is -3.75. The van der Waals surface area contributed by atoms with Gasteiger partial charge in [0.2, 0.25) is 10.0 Å². The average Bonchev–Trinajstić information content (AvgIpc) is 3.45. The van der Waals surface area contributed by atoms with E-state index in [9.17, 15) is 13.2 Å². The molecular weight excluding hydrogens is 570 g/mol. The molecule has 2 aromatic rings. The molecule has 0 aliphatic heterocycles. The molecule has 2 aromatic carbocycles. The number of nitrogens with zero attached hydrogens (tertiary/aromatic N) is 1. The second kappa shape index (κ2) is 10.6. The van der Waals surface area contributed by atoms with Crippen LogP contribution in [0, 0.1) is 17.8 Å². The van der Waals surface area contributed by atoms with Crippen LogP contribution in [-0.2, 0) is 19.6 Å². The highest BCUT2D eigenvalue weighted by Crippen LogP contribution is 2.40. The van der Waals surface area contributed by atoms with Crippen molar-refractivity contribution >= 4 is 53.9 Å². The Morgan fingerprint density at radius 2 is 1.70 bits per heavy atom. The van der Waals surface area contributed by atoms with E-state index in [1.807, 2.05) is 24.3 Å². The molecule has 0 radical (unpaired) electrons. The Morgan fingerprint density at radius 1 is 1.12 bits per heavy atom. The fraction of sp³-hybridized carbons (Fsp3) is 0.320. The number of carbonyl (C=O) groups excluding carboxylic acids is 1. The highest BCUT2D eigenvalue weighted by molar-refractivity contribution is 9.10. The second-order valence-electron chi connectivity index (χ2n) is 8.33. The minimum Gasteiger partial charge on any atom is -0.447 e. The molecule has 1 fully saturated rings. The van der Waals surface area contributed by atoms with Gasteiger partial charge in [-0.2, -0.15) is 4.31 Å². The van der Waals surface area contributed by atoms with Gasteiger partial charge in [0.25, 0.3) is 0 Å². The van der Waals surface area contributed by atoms with Crippen LogP contribution in [0.25, 0.3) is 6.08 Å². The van der Waals surface area contributed by atoms with Gasteiger partial charge in [-0.1, -0.05) is 67.5 Å². The predicted molar refractivity (Wildman–Crippen MR) is 137 cm³/mol. The molecule has 174 valence electrons. The standard InChI is InChI=1S/C25H25Br2NO4S/c1-18(29)32-25(2,3)13-4-14-28(33(30,31)24-11-9-23(27)10-12-24)17-21-16-20(21)15-19-5-7-22(26)8-6-19/h5-12,15,21H,14,16-17H2,1-3H3/b20-15+. The maximum Gasteiger partial charge on any atom is 0.304 e. The van der Waals surface area contributed by atoms with Crippen molar-refractivity contribution < 1.29 is 17.9 Å². The van der Waals surface area contributed by atoms with Crippen LogP contribution < -0.4 is 0 Å². The van der Waals surface area contributed by atoms with E-state index in [0.717, 1.165) is 20.9 Å². The number of halogens is 2. The molecule has 0 aromatic heterocycles. The molecular formula is C25H25Br2NO4S. The topological polar surface area (TPSA) is 63.7 Å². The molecule has 0 bridgehead atoms. The maximum atomic E-state index is 13.4. The zero-order valence-electron chi connectivity index (χ0n) is 18.6. The summed E-state index contributed by atoms with van der Waals surface area (Å²) in [6.07, 6.45) is 2.95. The van der Waals surface area contributed by atoms with E-state index in [-0.39, 0.29) is 17.4 Å². The summed E-state index contributed by atoms with van der Waals surface area (Å²) < 4.78 is 35.2. The number of esters is 1. The first-order valence-corrected chi connectivity index (χ1v) is 13.4. The Kier molecular flexibility index (Phi) is 8.22. The summed E-state index contributed by atoms with van der Waals surface area (Å²) in [4.78, 5) is 11.5. The molecule has 1 aliphatic rings. The summed E-state index contributed by atoms with van der Waals surface area (Å²) in [6.45, 7) is 5.01. The van der Waals surface area contributed by atoms with Crippen LogP contribution in [-0.4, -0.2) is 37.4 Å². The van der Waals surface area contributed by atoms with Gasteiger partial charge in [-0.15, -0.1) is 0 Å². The zero-order chi connectivity index (χ0) is 24.2. The number of ether oxygens (including phenoxy) is 1. The molecule has 3 rings (SSSR count). The monoisotopic (exact) mass is 593 g/mol. The van der Waals surface area contributed by atoms with Crippen LogP contribution in [0.15, 0.2) is 67.9 Å². The normalized spacial score (nSPS) is 16.9. The maximum absolute atomic E-state index is 13.4. The number of carbonyl (C=O) groups is 1. The number of benzene rings is 2. The number of rotatable bonds is 7. The van der Waals surface area contributed by atoms with E-state index in [4.69, 9.17) is 4.74 Å². The quantitative estimate of drug-likeness (QED) is 0.307. The zero-order valence-corrected chi connectivity index (χ0v) is 22.6. The molecule has 0 heterocycles. The largest absolute Gasteiger partial charge is 0.447 e. The van der Waals surface area contributed by atoms with Gasteiger partial charge in [0.15, 0.2) is 5.60 Å². The van der Waals surface area contributed by atoms with Crippen molar-refractivity contribution in [2.75, 3.05) is 13.1 Å². The number of hydrogen-bond acceptors (Lipinski definition) is 4. The van der Waals surface area contributed by atoms with Crippen molar-refractivity contribution in [2.24, 2.45) is 5.92 Å². The Labute approximate surface area is 212 Å². The molecule has 0 spiro atoms. The van der Waals surface area contributed by atoms with Crippen LogP contribution in [0.3, 0.4) is 0 Å². The lowest BCUT2D eigenvalue weighted by Gasteiger charge is -2.21. The smallest absolute Gasteiger partial charge is 0.304 e. The van der Waals surface area contributed by atoms with E-state index < -0.39 is 21.6 Å². The van der Waals surface area contributed by atoms with E-state index in [2.05, 4.69) is 49.8 Å². The summed E-state index contributed by atoms with van der Waals surface area (Å²) in [5, 5.41) is 0. The third kappa shape index (κ3) is 7.54. The summed E-state index contributed by atoms with van der Waals surface area (Å²) in [7, 11) is -3.75. The van der Waals surface area contributed by atoms with Crippen LogP contribution >= 0.6 is 31.9 Å². The molecule has 0 amide bonds. The van der Waals surface area contributed by atoms with Gasteiger partial charge in [0, 0.05) is 22.4 Å². The van der Waals surface area contributed by atoms with Crippen LogP contribution in [0.1, 0.15) is 32.8 Å². The second-order valence-corrected chi connectivity index (χ2v) is 12.1. The first-order chi connectivity index (χ1) is 15.5. The van der Waals surface area contributed by atoms with Crippen LogP contribution in [0.4, 0.5) is 0 Å². The Balaban J connectivity index is 1.81. The van der Waals surface area contributed by atoms with E-state index in [1.165, 1.54) is 16.8 Å². The average molecular weight is 595 g/mol. The van der Waals surface area contributed by atoms with Crippen LogP contribution in [0.5, 0.6) is 0 Å². The van der Waals surface area contributed by atoms with Crippen LogP contribution in [0.2, 0.25) is 0 Å². The van der Waals surface area contributed by atoms with Crippen molar-refractivity contribution in [1.82, 2.24) is 4.31 Å². The van der Waals surface area contributed by atoms with Crippen molar-refractivity contribution in [1.29, 1.82) is 0 Å². The van der Waals surface area contributed by atoms with Gasteiger partial charge >= 0.3 is 5.97 Å². The van der Waals surface area contributed by atoms with Crippen molar-refractivity contribution in [3.05, 3.63) is 68.6 Å². The summed E-state index contributed by atoms with van der Waals surface area (Å²) >= 11 is 6.78. The Morgan fingerprint density at radius 3 is 2.27 bits per heavy atom. The lowest BCUT2D eigenvalue weighted by Crippen LogP contribution is -2.34.